The van der Waals surface area contributed by atoms with Gasteiger partial charge in [0.1, 0.15) is 0 Å². The molecule has 1 aromatic carbocycles. The highest BCUT2D eigenvalue weighted by molar-refractivity contribution is 7.91. The standard InChI is InChI=1S/C19H27NO2S/c1-3-5-7-12-17-16-11-8-9-13-18(16)20-15-19(17)23(21,22)14-10-6-4-2/h8-9,11,13,15H,3-7,10,12,14H2,1-2H3. The van der Waals surface area contributed by atoms with Gasteiger partial charge in [-0.15, -0.1) is 0 Å². The molecule has 3 nitrogen and oxygen atoms in total. The smallest absolute Gasteiger partial charge is 0.180 e. The van der Waals surface area contributed by atoms with Crippen molar-refractivity contribution in [3.05, 3.63) is 36.0 Å². The first-order chi connectivity index (χ1) is 11.1. The van der Waals surface area contributed by atoms with Gasteiger partial charge < -0.3 is 0 Å². The Balaban J connectivity index is 2.43. The van der Waals surface area contributed by atoms with Crippen LogP contribution in [0, 0.1) is 0 Å². The van der Waals surface area contributed by atoms with E-state index in [9.17, 15) is 8.42 Å². The number of rotatable bonds is 9. The molecule has 4 heteroatoms. The molecular weight excluding hydrogens is 306 g/mol. The van der Waals surface area contributed by atoms with E-state index in [1.165, 1.54) is 0 Å². The number of unbranched alkanes of at least 4 members (excludes halogenated alkanes) is 4. The third-order valence-corrected chi connectivity index (χ3v) is 6.08. The van der Waals surface area contributed by atoms with Gasteiger partial charge in [-0.1, -0.05) is 57.7 Å². The van der Waals surface area contributed by atoms with Gasteiger partial charge in [-0.3, -0.25) is 4.98 Å². The minimum Gasteiger partial charge on any atom is -0.255 e. The van der Waals surface area contributed by atoms with E-state index in [-0.39, 0.29) is 5.75 Å². The second-order valence-electron chi connectivity index (χ2n) is 6.10. The second-order valence-corrected chi connectivity index (χ2v) is 8.18. The number of hydrogen-bond donors (Lipinski definition) is 0. The molecule has 1 aromatic heterocycles. The molecule has 23 heavy (non-hydrogen) atoms. The van der Waals surface area contributed by atoms with Crippen LogP contribution in [0.3, 0.4) is 0 Å². The summed E-state index contributed by atoms with van der Waals surface area (Å²) in [5.41, 5.74) is 1.84. The van der Waals surface area contributed by atoms with E-state index in [1.54, 1.807) is 6.20 Å². The molecule has 0 unspecified atom stereocenters. The molecule has 0 spiro atoms. The van der Waals surface area contributed by atoms with E-state index in [1.807, 2.05) is 24.3 Å². The molecule has 126 valence electrons. The quantitative estimate of drug-likeness (QED) is 0.611. The van der Waals surface area contributed by atoms with Crippen LogP contribution in [-0.2, 0) is 16.3 Å². The largest absolute Gasteiger partial charge is 0.255 e. The molecule has 2 aromatic rings. The Bertz CT molecular complexity index is 738. The highest BCUT2D eigenvalue weighted by Gasteiger charge is 2.20. The lowest BCUT2D eigenvalue weighted by molar-refractivity contribution is 0.589. The molecule has 0 fully saturated rings. The van der Waals surface area contributed by atoms with Gasteiger partial charge in [0, 0.05) is 11.6 Å². The van der Waals surface area contributed by atoms with Gasteiger partial charge in [0.2, 0.25) is 0 Å². The summed E-state index contributed by atoms with van der Waals surface area (Å²) < 4.78 is 25.5. The zero-order valence-electron chi connectivity index (χ0n) is 14.2. The summed E-state index contributed by atoms with van der Waals surface area (Å²) in [6, 6.07) is 7.85. The summed E-state index contributed by atoms with van der Waals surface area (Å²) in [4.78, 5) is 4.83. The maximum Gasteiger partial charge on any atom is 0.180 e. The second kappa shape index (κ2) is 8.44. The average molecular weight is 333 g/mol. The van der Waals surface area contributed by atoms with E-state index in [2.05, 4.69) is 18.8 Å². The summed E-state index contributed by atoms with van der Waals surface area (Å²) in [5, 5.41) is 0.986. The minimum absolute atomic E-state index is 0.224. The number of fused-ring (bicyclic) bond motifs is 1. The molecule has 2 rings (SSSR count). The molecule has 0 atom stereocenters. The first-order valence-corrected chi connectivity index (χ1v) is 10.3. The van der Waals surface area contributed by atoms with Gasteiger partial charge in [-0.05, 0) is 30.9 Å². The topological polar surface area (TPSA) is 47.0 Å². The van der Waals surface area contributed by atoms with E-state index in [4.69, 9.17) is 0 Å². The third-order valence-electron chi connectivity index (χ3n) is 4.23. The monoisotopic (exact) mass is 333 g/mol. The maximum atomic E-state index is 12.8. The predicted molar refractivity (Wildman–Crippen MR) is 96.5 cm³/mol. The van der Waals surface area contributed by atoms with Crippen molar-refractivity contribution < 1.29 is 8.42 Å². The van der Waals surface area contributed by atoms with E-state index < -0.39 is 9.84 Å². The first kappa shape index (κ1) is 17.9. The van der Waals surface area contributed by atoms with Crippen LogP contribution >= 0.6 is 0 Å². The Morgan fingerprint density at radius 1 is 0.957 bits per heavy atom. The fourth-order valence-electron chi connectivity index (χ4n) is 2.91. The van der Waals surface area contributed by atoms with Gasteiger partial charge in [0.25, 0.3) is 0 Å². The molecular formula is C19H27NO2S. The number of benzene rings is 1. The van der Waals surface area contributed by atoms with Crippen molar-refractivity contribution in [2.75, 3.05) is 5.75 Å². The van der Waals surface area contributed by atoms with Crippen molar-refractivity contribution in [1.82, 2.24) is 4.98 Å². The Morgan fingerprint density at radius 2 is 1.65 bits per heavy atom. The lowest BCUT2D eigenvalue weighted by Gasteiger charge is -2.13. The van der Waals surface area contributed by atoms with Gasteiger partial charge >= 0.3 is 0 Å². The summed E-state index contributed by atoms with van der Waals surface area (Å²) >= 11 is 0. The van der Waals surface area contributed by atoms with Crippen LogP contribution in [0.4, 0.5) is 0 Å². The summed E-state index contributed by atoms with van der Waals surface area (Å²) in [7, 11) is -3.25. The van der Waals surface area contributed by atoms with Gasteiger partial charge in [0.05, 0.1) is 16.2 Å². The van der Waals surface area contributed by atoms with E-state index in [0.717, 1.165) is 61.4 Å². The lowest BCUT2D eigenvalue weighted by Crippen LogP contribution is -2.11. The lowest BCUT2D eigenvalue weighted by atomic mass is 10.0. The van der Waals surface area contributed by atoms with Gasteiger partial charge in [0.15, 0.2) is 9.84 Å². The molecule has 0 radical (unpaired) electrons. The van der Waals surface area contributed by atoms with Crippen LogP contribution in [0.1, 0.15) is 57.9 Å². The molecule has 0 aliphatic rings. The normalized spacial score (nSPS) is 11.9. The fourth-order valence-corrected chi connectivity index (χ4v) is 4.51. The highest BCUT2D eigenvalue weighted by Crippen LogP contribution is 2.27. The van der Waals surface area contributed by atoms with Crippen LogP contribution < -0.4 is 0 Å². The van der Waals surface area contributed by atoms with Crippen LogP contribution in [0.25, 0.3) is 10.9 Å². The van der Waals surface area contributed by atoms with Crippen LogP contribution in [0.2, 0.25) is 0 Å². The summed E-state index contributed by atoms with van der Waals surface area (Å²) in [6.07, 6.45) is 8.33. The maximum absolute atomic E-state index is 12.8. The average Bonchev–Trinajstić information content (AvgIpc) is 2.55. The first-order valence-electron chi connectivity index (χ1n) is 8.69. The van der Waals surface area contributed by atoms with Crippen LogP contribution in [0.5, 0.6) is 0 Å². The number of aromatic nitrogens is 1. The number of sulfone groups is 1. The van der Waals surface area contributed by atoms with Gasteiger partial charge in [-0.2, -0.15) is 0 Å². The molecule has 0 aliphatic heterocycles. The third kappa shape index (κ3) is 4.54. The van der Waals surface area contributed by atoms with E-state index >= 15 is 0 Å². The van der Waals surface area contributed by atoms with Crippen molar-refractivity contribution in [3.63, 3.8) is 0 Å². The zero-order valence-corrected chi connectivity index (χ0v) is 15.0. The van der Waals surface area contributed by atoms with Gasteiger partial charge in [-0.25, -0.2) is 8.42 Å². The van der Waals surface area contributed by atoms with Crippen molar-refractivity contribution in [1.29, 1.82) is 0 Å². The van der Waals surface area contributed by atoms with Crippen molar-refractivity contribution in [3.8, 4) is 0 Å². The fraction of sp³-hybridized carbons (Fsp3) is 0.526. The van der Waals surface area contributed by atoms with Crippen LogP contribution in [-0.4, -0.2) is 19.2 Å². The number of hydrogen-bond acceptors (Lipinski definition) is 3. The molecule has 0 aliphatic carbocycles. The van der Waals surface area contributed by atoms with Crippen molar-refractivity contribution in [2.24, 2.45) is 0 Å². The summed E-state index contributed by atoms with van der Waals surface area (Å²) in [6.45, 7) is 4.24. The Hall–Kier alpha value is -1.42. The molecule has 0 saturated carbocycles. The Morgan fingerprint density at radius 3 is 2.39 bits per heavy atom. The van der Waals surface area contributed by atoms with Crippen molar-refractivity contribution in [2.45, 2.75) is 63.7 Å². The Kier molecular flexibility index (Phi) is 6.58. The van der Waals surface area contributed by atoms with Crippen molar-refractivity contribution >= 4 is 20.7 Å². The molecule has 0 amide bonds. The number of nitrogens with zero attached hydrogens (tertiary/aromatic N) is 1. The minimum atomic E-state index is -3.25. The SMILES string of the molecule is CCCCCc1c(S(=O)(=O)CCCCC)cnc2ccccc12. The number of para-hydroxylation sites is 1. The number of pyridine rings is 1. The summed E-state index contributed by atoms with van der Waals surface area (Å²) in [5.74, 6) is 0.224. The van der Waals surface area contributed by atoms with Crippen LogP contribution in [0.15, 0.2) is 35.4 Å². The molecule has 0 saturated heterocycles. The molecule has 1 heterocycles. The number of aryl methyl sites for hydroxylation is 1. The Labute approximate surface area is 140 Å². The highest BCUT2D eigenvalue weighted by atomic mass is 32.2. The zero-order chi connectivity index (χ0) is 16.7. The molecule has 0 bridgehead atoms. The predicted octanol–water partition coefficient (Wildman–Crippen LogP) is 4.93. The van der Waals surface area contributed by atoms with E-state index in [0.29, 0.717) is 4.90 Å². The molecule has 0 N–H and O–H groups in total.